The van der Waals surface area contributed by atoms with Gasteiger partial charge in [0.1, 0.15) is 11.9 Å². The predicted molar refractivity (Wildman–Crippen MR) is 73.8 cm³/mol. The minimum absolute atomic E-state index is 0.0943. The fraction of sp³-hybridized carbons (Fsp3) is 0.500. The number of carbonyl (C=O) groups excluding carboxylic acids is 1. The molecule has 1 aromatic rings. The number of rotatable bonds is 2. The molecule has 1 aliphatic heterocycles. The van der Waals surface area contributed by atoms with E-state index in [2.05, 4.69) is 32.9 Å². The standard InChI is InChI=1S/C12H15IN2O2/c1-7-5-6-17-11(7)12(16)15-10-4-3-9(13)8(2)14-10/h3-4,7,11H,5-6H2,1-2H3,(H,14,15,16). The lowest BCUT2D eigenvalue weighted by Gasteiger charge is -2.14. The number of hydrogen-bond donors (Lipinski definition) is 1. The van der Waals surface area contributed by atoms with Crippen LogP contribution in [0, 0.1) is 16.4 Å². The van der Waals surface area contributed by atoms with Gasteiger partial charge in [-0.1, -0.05) is 6.92 Å². The summed E-state index contributed by atoms with van der Waals surface area (Å²) in [5, 5.41) is 2.80. The maximum absolute atomic E-state index is 11.9. The lowest BCUT2D eigenvalue weighted by atomic mass is 10.0. The van der Waals surface area contributed by atoms with Gasteiger partial charge in [-0.15, -0.1) is 0 Å². The fourth-order valence-electron chi connectivity index (χ4n) is 1.84. The first-order valence-electron chi connectivity index (χ1n) is 5.63. The van der Waals surface area contributed by atoms with E-state index >= 15 is 0 Å². The largest absolute Gasteiger partial charge is 0.368 e. The Balaban J connectivity index is 2.05. The number of aromatic nitrogens is 1. The minimum Gasteiger partial charge on any atom is -0.368 e. The second-order valence-electron chi connectivity index (χ2n) is 4.31. The van der Waals surface area contributed by atoms with E-state index in [1.807, 2.05) is 26.0 Å². The Morgan fingerprint density at radius 1 is 1.59 bits per heavy atom. The van der Waals surface area contributed by atoms with E-state index in [-0.39, 0.29) is 17.9 Å². The van der Waals surface area contributed by atoms with Gasteiger partial charge in [0.05, 0.1) is 5.69 Å². The van der Waals surface area contributed by atoms with E-state index < -0.39 is 0 Å². The smallest absolute Gasteiger partial charge is 0.254 e. The second kappa shape index (κ2) is 5.30. The average Bonchev–Trinajstić information content (AvgIpc) is 2.70. The maximum atomic E-state index is 11.9. The van der Waals surface area contributed by atoms with E-state index in [1.165, 1.54) is 0 Å². The molecule has 1 saturated heterocycles. The molecular formula is C12H15IN2O2. The number of ether oxygens (including phenoxy) is 1. The highest BCUT2D eigenvalue weighted by Gasteiger charge is 2.30. The van der Waals surface area contributed by atoms with Crippen molar-refractivity contribution in [2.24, 2.45) is 5.92 Å². The Morgan fingerprint density at radius 3 is 2.94 bits per heavy atom. The summed E-state index contributed by atoms with van der Waals surface area (Å²) in [4.78, 5) is 16.3. The lowest BCUT2D eigenvalue weighted by molar-refractivity contribution is -0.126. The molecule has 17 heavy (non-hydrogen) atoms. The summed E-state index contributed by atoms with van der Waals surface area (Å²) >= 11 is 2.22. The van der Waals surface area contributed by atoms with Crippen LogP contribution in [0.25, 0.3) is 0 Å². The van der Waals surface area contributed by atoms with E-state index in [9.17, 15) is 4.79 Å². The highest BCUT2D eigenvalue weighted by atomic mass is 127. The molecule has 0 aliphatic carbocycles. The van der Waals surface area contributed by atoms with E-state index in [4.69, 9.17) is 4.74 Å². The molecule has 1 amide bonds. The highest BCUT2D eigenvalue weighted by Crippen LogP contribution is 2.21. The molecule has 5 heteroatoms. The van der Waals surface area contributed by atoms with Crippen molar-refractivity contribution in [3.05, 3.63) is 21.4 Å². The summed E-state index contributed by atoms with van der Waals surface area (Å²) in [6, 6.07) is 3.75. The molecule has 2 atom stereocenters. The molecule has 2 heterocycles. The molecule has 0 bridgehead atoms. The molecule has 1 aromatic heterocycles. The van der Waals surface area contributed by atoms with Gasteiger partial charge < -0.3 is 10.1 Å². The third-order valence-corrected chi connectivity index (χ3v) is 4.06. The van der Waals surface area contributed by atoms with Crippen LogP contribution in [0.5, 0.6) is 0 Å². The summed E-state index contributed by atoms with van der Waals surface area (Å²) in [5.41, 5.74) is 0.920. The SMILES string of the molecule is Cc1nc(NC(=O)C2OCCC2C)ccc1I. The number of anilines is 1. The Kier molecular flexibility index (Phi) is 3.98. The number of amides is 1. The Labute approximate surface area is 114 Å². The molecule has 1 aliphatic rings. The number of pyridine rings is 1. The average molecular weight is 346 g/mol. The second-order valence-corrected chi connectivity index (χ2v) is 5.47. The van der Waals surface area contributed by atoms with Gasteiger partial charge in [0.15, 0.2) is 0 Å². The zero-order valence-electron chi connectivity index (χ0n) is 9.87. The van der Waals surface area contributed by atoms with Crippen LogP contribution < -0.4 is 5.32 Å². The summed E-state index contributed by atoms with van der Waals surface area (Å²) in [7, 11) is 0. The molecule has 0 spiro atoms. The molecule has 0 radical (unpaired) electrons. The first-order valence-corrected chi connectivity index (χ1v) is 6.71. The van der Waals surface area contributed by atoms with E-state index in [0.717, 1.165) is 15.7 Å². The van der Waals surface area contributed by atoms with Crippen molar-refractivity contribution >= 4 is 34.3 Å². The Bertz CT molecular complexity index is 437. The van der Waals surface area contributed by atoms with Gasteiger partial charge in [-0.25, -0.2) is 4.98 Å². The molecule has 2 rings (SSSR count). The number of carbonyl (C=O) groups is 1. The summed E-state index contributed by atoms with van der Waals surface area (Å²) < 4.78 is 6.50. The van der Waals surface area contributed by atoms with Gasteiger partial charge in [-0.3, -0.25) is 4.79 Å². The van der Waals surface area contributed by atoms with Crippen molar-refractivity contribution < 1.29 is 9.53 Å². The first-order chi connectivity index (χ1) is 8.08. The Morgan fingerprint density at radius 2 is 2.35 bits per heavy atom. The van der Waals surface area contributed by atoms with Crippen molar-refractivity contribution in [3.8, 4) is 0 Å². The fourth-order valence-corrected chi connectivity index (χ4v) is 2.14. The van der Waals surface area contributed by atoms with Crippen LogP contribution in [0.4, 0.5) is 5.82 Å². The number of halogens is 1. The van der Waals surface area contributed by atoms with Gasteiger partial charge in [-0.2, -0.15) is 0 Å². The summed E-state index contributed by atoms with van der Waals surface area (Å²) in [6.45, 7) is 4.62. The number of nitrogens with zero attached hydrogens (tertiary/aromatic N) is 1. The molecule has 1 fully saturated rings. The Hall–Kier alpha value is -0.690. The van der Waals surface area contributed by atoms with Gasteiger partial charge in [0.2, 0.25) is 0 Å². The van der Waals surface area contributed by atoms with Crippen LogP contribution in [-0.4, -0.2) is 23.6 Å². The quantitative estimate of drug-likeness (QED) is 0.837. The molecule has 0 aromatic carbocycles. The first kappa shape index (κ1) is 12.8. The van der Waals surface area contributed by atoms with Crippen LogP contribution in [0.3, 0.4) is 0 Å². The maximum Gasteiger partial charge on any atom is 0.254 e. The lowest BCUT2D eigenvalue weighted by Crippen LogP contribution is -2.31. The zero-order valence-corrected chi connectivity index (χ0v) is 12.0. The van der Waals surface area contributed by atoms with Gasteiger partial charge >= 0.3 is 0 Å². The number of aryl methyl sites for hydroxylation is 1. The van der Waals surface area contributed by atoms with Crippen LogP contribution in [0.1, 0.15) is 19.0 Å². The van der Waals surface area contributed by atoms with Crippen molar-refractivity contribution in [2.45, 2.75) is 26.4 Å². The van der Waals surface area contributed by atoms with Crippen LogP contribution in [-0.2, 0) is 9.53 Å². The number of nitrogens with one attached hydrogen (secondary N) is 1. The van der Waals surface area contributed by atoms with Crippen molar-refractivity contribution in [1.82, 2.24) is 4.98 Å². The predicted octanol–water partition coefficient (Wildman–Crippen LogP) is 2.36. The number of hydrogen-bond acceptors (Lipinski definition) is 3. The van der Waals surface area contributed by atoms with E-state index in [1.54, 1.807) is 0 Å². The third-order valence-electron chi connectivity index (χ3n) is 2.92. The third kappa shape index (κ3) is 2.95. The van der Waals surface area contributed by atoms with Crippen LogP contribution >= 0.6 is 22.6 Å². The molecular weight excluding hydrogens is 331 g/mol. The molecule has 1 N–H and O–H groups in total. The highest BCUT2D eigenvalue weighted by molar-refractivity contribution is 14.1. The van der Waals surface area contributed by atoms with Crippen molar-refractivity contribution in [2.75, 3.05) is 11.9 Å². The molecule has 92 valence electrons. The van der Waals surface area contributed by atoms with Gasteiger partial charge in [0.25, 0.3) is 5.91 Å². The van der Waals surface area contributed by atoms with Gasteiger partial charge in [-0.05, 0) is 54.0 Å². The van der Waals surface area contributed by atoms with Crippen molar-refractivity contribution in [3.63, 3.8) is 0 Å². The molecule has 4 nitrogen and oxygen atoms in total. The van der Waals surface area contributed by atoms with Crippen molar-refractivity contribution in [1.29, 1.82) is 0 Å². The molecule has 2 unspecified atom stereocenters. The van der Waals surface area contributed by atoms with E-state index in [0.29, 0.717) is 12.4 Å². The molecule has 0 saturated carbocycles. The van der Waals surface area contributed by atoms with Gasteiger partial charge in [0, 0.05) is 10.2 Å². The monoisotopic (exact) mass is 346 g/mol. The zero-order chi connectivity index (χ0) is 12.4. The summed E-state index contributed by atoms with van der Waals surface area (Å²) in [6.07, 6.45) is 0.605. The topological polar surface area (TPSA) is 51.2 Å². The normalized spacial score (nSPS) is 23.7. The van der Waals surface area contributed by atoms with Crippen LogP contribution in [0.15, 0.2) is 12.1 Å². The summed E-state index contributed by atoms with van der Waals surface area (Å²) in [5.74, 6) is 0.777. The minimum atomic E-state index is -0.337. The van der Waals surface area contributed by atoms with Crippen LogP contribution in [0.2, 0.25) is 0 Å².